The first-order valence-electron chi connectivity index (χ1n) is 7.97. The van der Waals surface area contributed by atoms with Crippen molar-refractivity contribution < 1.29 is 14.0 Å². The lowest BCUT2D eigenvalue weighted by Crippen LogP contribution is -2.35. The third kappa shape index (κ3) is 3.51. The summed E-state index contributed by atoms with van der Waals surface area (Å²) in [5.41, 5.74) is 1.54. The van der Waals surface area contributed by atoms with Crippen LogP contribution in [0, 0.1) is 25.1 Å². The second kappa shape index (κ2) is 6.48. The van der Waals surface area contributed by atoms with Gasteiger partial charge in [-0.05, 0) is 62.1 Å². The van der Waals surface area contributed by atoms with Gasteiger partial charge in [-0.2, -0.15) is 0 Å². The lowest BCUT2D eigenvalue weighted by atomic mass is 10.0. The number of carbonyl (C=O) groups is 2. The largest absolute Gasteiger partial charge is 0.325 e. The molecule has 25 heavy (non-hydrogen) atoms. The number of nitrogens with one attached hydrogen (secondary N) is 2. The Hall–Kier alpha value is -2.40. The molecule has 0 radical (unpaired) electrons. The van der Waals surface area contributed by atoms with E-state index in [0.29, 0.717) is 29.2 Å². The van der Waals surface area contributed by atoms with Gasteiger partial charge >= 0.3 is 0 Å². The smallest absolute Gasteiger partial charge is 0.240 e. The van der Waals surface area contributed by atoms with Crippen LogP contribution >= 0.6 is 11.6 Å². The van der Waals surface area contributed by atoms with E-state index in [1.54, 1.807) is 12.1 Å². The molecule has 2 aromatic rings. The monoisotopic (exact) mass is 360 g/mol. The Bertz CT molecular complexity index is 839. The summed E-state index contributed by atoms with van der Waals surface area (Å²) >= 11 is 6.22. The van der Waals surface area contributed by atoms with Crippen molar-refractivity contribution in [3.8, 4) is 0 Å². The van der Waals surface area contributed by atoms with Crippen LogP contribution in [0.5, 0.6) is 0 Å². The molecule has 0 atom stereocenters. The van der Waals surface area contributed by atoms with Crippen LogP contribution in [0.1, 0.15) is 24.0 Å². The van der Waals surface area contributed by atoms with E-state index < -0.39 is 23.0 Å². The average Bonchev–Trinajstić information content (AvgIpc) is 3.32. The molecule has 0 bridgehead atoms. The lowest BCUT2D eigenvalue weighted by Gasteiger charge is -2.17. The third-order valence-electron chi connectivity index (χ3n) is 4.37. The van der Waals surface area contributed by atoms with Crippen LogP contribution in [0.4, 0.5) is 15.8 Å². The number of hydrogen-bond acceptors (Lipinski definition) is 2. The van der Waals surface area contributed by atoms with Crippen molar-refractivity contribution in [2.24, 2.45) is 5.41 Å². The lowest BCUT2D eigenvalue weighted by molar-refractivity contribution is -0.131. The van der Waals surface area contributed by atoms with E-state index in [2.05, 4.69) is 10.6 Å². The third-order valence-corrected chi connectivity index (χ3v) is 4.67. The number of aryl methyl sites for hydroxylation is 2. The maximum atomic E-state index is 13.3. The SMILES string of the molecule is Cc1cc(C)c(NC(=O)C2(C(=O)Nc3cccc(F)c3)CC2)c(Cl)c1. The van der Waals surface area contributed by atoms with Crippen molar-refractivity contribution in [2.75, 3.05) is 10.6 Å². The Morgan fingerprint density at radius 2 is 1.76 bits per heavy atom. The van der Waals surface area contributed by atoms with Gasteiger partial charge in [0.2, 0.25) is 11.8 Å². The van der Waals surface area contributed by atoms with Crippen LogP contribution in [-0.4, -0.2) is 11.8 Å². The van der Waals surface area contributed by atoms with E-state index in [0.717, 1.165) is 11.1 Å². The fourth-order valence-corrected chi connectivity index (χ4v) is 3.17. The van der Waals surface area contributed by atoms with Crippen LogP contribution in [-0.2, 0) is 9.59 Å². The predicted octanol–water partition coefficient (Wildman–Crippen LogP) is 4.45. The van der Waals surface area contributed by atoms with Crippen LogP contribution < -0.4 is 10.6 Å². The minimum atomic E-state index is -1.13. The summed E-state index contributed by atoms with van der Waals surface area (Å²) in [4.78, 5) is 25.2. The van der Waals surface area contributed by atoms with Gasteiger partial charge in [0.25, 0.3) is 0 Å². The second-order valence-corrected chi connectivity index (χ2v) is 6.85. The standard InChI is InChI=1S/C19H18ClFN2O2/c1-11-8-12(2)16(15(20)9-11)23-18(25)19(6-7-19)17(24)22-14-5-3-4-13(21)10-14/h3-5,8-10H,6-7H2,1-2H3,(H,22,24)(H,23,25). The van der Waals surface area contributed by atoms with E-state index in [1.807, 2.05) is 19.9 Å². The van der Waals surface area contributed by atoms with E-state index in [4.69, 9.17) is 11.6 Å². The molecule has 0 spiro atoms. The van der Waals surface area contributed by atoms with Crippen molar-refractivity contribution in [3.05, 3.63) is 58.4 Å². The Labute approximate surface area is 150 Å². The fourth-order valence-electron chi connectivity index (χ4n) is 2.81. The predicted molar refractivity (Wildman–Crippen MR) is 96.3 cm³/mol. The number of halogens is 2. The van der Waals surface area contributed by atoms with E-state index in [9.17, 15) is 14.0 Å². The zero-order valence-electron chi connectivity index (χ0n) is 14.0. The molecule has 0 saturated heterocycles. The van der Waals surface area contributed by atoms with E-state index in [-0.39, 0.29) is 0 Å². The average molecular weight is 361 g/mol. The molecule has 0 unspecified atom stereocenters. The summed E-state index contributed by atoms with van der Waals surface area (Å²) < 4.78 is 13.3. The number of amides is 2. The van der Waals surface area contributed by atoms with Gasteiger partial charge in [-0.3, -0.25) is 9.59 Å². The first-order chi connectivity index (χ1) is 11.8. The molecule has 0 aromatic heterocycles. The zero-order chi connectivity index (χ0) is 18.2. The van der Waals surface area contributed by atoms with E-state index >= 15 is 0 Å². The van der Waals surface area contributed by atoms with Gasteiger partial charge in [0.1, 0.15) is 11.2 Å². The number of anilines is 2. The number of carbonyl (C=O) groups excluding carboxylic acids is 2. The van der Waals surface area contributed by atoms with Crippen LogP contribution in [0.15, 0.2) is 36.4 Å². The first kappa shape index (κ1) is 17.4. The summed E-state index contributed by atoms with van der Waals surface area (Å²) in [6.07, 6.45) is 0.894. The molecule has 1 saturated carbocycles. The second-order valence-electron chi connectivity index (χ2n) is 6.44. The van der Waals surface area contributed by atoms with Gasteiger partial charge in [0, 0.05) is 5.69 Å². The molecule has 2 aromatic carbocycles. The van der Waals surface area contributed by atoms with Crippen molar-refractivity contribution >= 4 is 34.8 Å². The fraction of sp³-hybridized carbons (Fsp3) is 0.263. The molecule has 2 amide bonds. The minimum Gasteiger partial charge on any atom is -0.325 e. The summed E-state index contributed by atoms with van der Waals surface area (Å²) in [5.74, 6) is -1.28. The molecule has 0 heterocycles. The molecule has 130 valence electrons. The van der Waals surface area contributed by atoms with Gasteiger partial charge in [0.05, 0.1) is 10.7 Å². The molecular formula is C19H18ClFN2O2. The van der Waals surface area contributed by atoms with Gasteiger partial charge in [-0.1, -0.05) is 23.7 Å². The first-order valence-corrected chi connectivity index (χ1v) is 8.35. The van der Waals surface area contributed by atoms with Crippen LogP contribution in [0.3, 0.4) is 0 Å². The van der Waals surface area contributed by atoms with Crippen molar-refractivity contribution in [1.29, 1.82) is 0 Å². The van der Waals surface area contributed by atoms with E-state index in [1.165, 1.54) is 18.2 Å². The maximum Gasteiger partial charge on any atom is 0.240 e. The van der Waals surface area contributed by atoms with Crippen molar-refractivity contribution in [3.63, 3.8) is 0 Å². The molecule has 1 fully saturated rings. The molecule has 0 aliphatic heterocycles. The Balaban J connectivity index is 1.76. The minimum absolute atomic E-state index is 0.327. The molecule has 1 aliphatic rings. The Morgan fingerprint density at radius 1 is 1.08 bits per heavy atom. The van der Waals surface area contributed by atoms with Gasteiger partial charge < -0.3 is 10.6 Å². The summed E-state index contributed by atoms with van der Waals surface area (Å²) in [5, 5.41) is 5.84. The van der Waals surface area contributed by atoms with Crippen LogP contribution in [0.25, 0.3) is 0 Å². The van der Waals surface area contributed by atoms with Gasteiger partial charge in [-0.25, -0.2) is 4.39 Å². The molecule has 2 N–H and O–H groups in total. The topological polar surface area (TPSA) is 58.2 Å². The van der Waals surface area contributed by atoms with Gasteiger partial charge in [-0.15, -0.1) is 0 Å². The highest BCUT2D eigenvalue weighted by Gasteiger charge is 2.56. The summed E-state index contributed by atoms with van der Waals surface area (Å²) in [7, 11) is 0. The highest BCUT2D eigenvalue weighted by Crippen LogP contribution is 2.48. The van der Waals surface area contributed by atoms with Crippen LogP contribution in [0.2, 0.25) is 5.02 Å². The highest BCUT2D eigenvalue weighted by atomic mass is 35.5. The Kier molecular flexibility index (Phi) is 4.52. The normalized spacial score (nSPS) is 14.7. The molecule has 3 rings (SSSR count). The Morgan fingerprint density at radius 3 is 2.36 bits per heavy atom. The quantitative estimate of drug-likeness (QED) is 0.791. The summed E-state index contributed by atoms with van der Waals surface area (Å²) in [6.45, 7) is 3.76. The maximum absolute atomic E-state index is 13.3. The summed E-state index contributed by atoms with van der Waals surface area (Å²) in [6, 6.07) is 9.25. The number of rotatable bonds is 4. The zero-order valence-corrected chi connectivity index (χ0v) is 14.7. The van der Waals surface area contributed by atoms with Crippen molar-refractivity contribution in [2.45, 2.75) is 26.7 Å². The molecule has 1 aliphatic carbocycles. The molecule has 4 nitrogen and oxygen atoms in total. The number of benzene rings is 2. The highest BCUT2D eigenvalue weighted by molar-refractivity contribution is 6.34. The van der Waals surface area contributed by atoms with Gasteiger partial charge in [0.15, 0.2) is 0 Å². The molecular weight excluding hydrogens is 343 g/mol. The number of hydrogen-bond donors (Lipinski definition) is 2. The molecule has 6 heteroatoms. The van der Waals surface area contributed by atoms with Crippen molar-refractivity contribution in [1.82, 2.24) is 0 Å².